The van der Waals surface area contributed by atoms with Gasteiger partial charge in [-0.3, -0.25) is 4.79 Å². The third kappa shape index (κ3) is 4.66. The maximum Gasteiger partial charge on any atom is 0.305 e. The lowest BCUT2D eigenvalue weighted by Crippen LogP contribution is -2.18. The summed E-state index contributed by atoms with van der Waals surface area (Å²) in [5.41, 5.74) is 0. The van der Waals surface area contributed by atoms with Gasteiger partial charge in [0.1, 0.15) is 6.61 Å². The smallest absolute Gasteiger partial charge is 0.305 e. The monoisotopic (exact) mass is 240 g/mol. The van der Waals surface area contributed by atoms with Gasteiger partial charge in [0, 0.05) is 13.0 Å². The Bertz CT molecular complexity index is 228. The first-order chi connectivity index (χ1) is 8.34. The molecule has 1 atom stereocenters. The molecule has 0 aromatic rings. The molecule has 17 heavy (non-hydrogen) atoms. The van der Waals surface area contributed by atoms with E-state index in [0.717, 1.165) is 31.8 Å². The molecule has 0 N–H and O–H groups in total. The maximum atomic E-state index is 11.6. The molecular weight excluding hydrogens is 216 g/mol. The average molecular weight is 240 g/mol. The largest absolute Gasteiger partial charge is 0.463 e. The fourth-order valence-corrected chi connectivity index (χ4v) is 2.83. The van der Waals surface area contributed by atoms with Gasteiger partial charge in [-0.05, 0) is 25.2 Å². The standard InChI is InChI=1S/C14H24O3/c15-14(17-11-13-7-4-10-16-13)9-8-12-5-2-1-3-6-12/h12-13H,1-11H2/t13-/m0/s1. The number of carbonyl (C=O) groups excluding carboxylic acids is 1. The zero-order valence-corrected chi connectivity index (χ0v) is 10.7. The molecule has 2 fully saturated rings. The van der Waals surface area contributed by atoms with E-state index in [2.05, 4.69) is 0 Å². The van der Waals surface area contributed by atoms with E-state index < -0.39 is 0 Å². The highest BCUT2D eigenvalue weighted by atomic mass is 16.6. The summed E-state index contributed by atoms with van der Waals surface area (Å²) in [4.78, 5) is 11.6. The normalized spacial score (nSPS) is 26.0. The lowest BCUT2D eigenvalue weighted by molar-refractivity contribution is -0.147. The number of ether oxygens (including phenoxy) is 2. The van der Waals surface area contributed by atoms with Crippen LogP contribution in [0.1, 0.15) is 57.8 Å². The van der Waals surface area contributed by atoms with E-state index in [4.69, 9.17) is 9.47 Å². The molecule has 0 aromatic carbocycles. The second kappa shape index (κ2) is 7.00. The van der Waals surface area contributed by atoms with Crippen LogP contribution in [-0.4, -0.2) is 25.3 Å². The lowest BCUT2D eigenvalue weighted by atomic mass is 9.86. The minimum atomic E-state index is -0.0360. The second-order valence-electron chi connectivity index (χ2n) is 5.36. The van der Waals surface area contributed by atoms with Crippen molar-refractivity contribution in [3.63, 3.8) is 0 Å². The Morgan fingerprint density at radius 3 is 2.65 bits per heavy atom. The van der Waals surface area contributed by atoms with Crippen molar-refractivity contribution < 1.29 is 14.3 Å². The SMILES string of the molecule is O=C(CCC1CCCCC1)OC[C@@H]1CCCO1. The van der Waals surface area contributed by atoms with Gasteiger partial charge in [0.25, 0.3) is 0 Å². The molecule has 0 unspecified atom stereocenters. The minimum Gasteiger partial charge on any atom is -0.463 e. The van der Waals surface area contributed by atoms with Crippen LogP contribution in [-0.2, 0) is 14.3 Å². The molecule has 3 nitrogen and oxygen atoms in total. The van der Waals surface area contributed by atoms with E-state index in [0.29, 0.717) is 13.0 Å². The van der Waals surface area contributed by atoms with Crippen molar-refractivity contribution in [2.24, 2.45) is 5.92 Å². The molecule has 1 saturated carbocycles. The van der Waals surface area contributed by atoms with Crippen molar-refractivity contribution in [3.05, 3.63) is 0 Å². The Kier molecular flexibility index (Phi) is 5.30. The zero-order valence-electron chi connectivity index (χ0n) is 10.7. The Balaban J connectivity index is 1.53. The lowest BCUT2D eigenvalue weighted by Gasteiger charge is -2.20. The van der Waals surface area contributed by atoms with E-state index in [1.807, 2.05) is 0 Å². The first kappa shape index (κ1) is 12.9. The molecule has 1 aliphatic carbocycles. The summed E-state index contributed by atoms with van der Waals surface area (Å²) >= 11 is 0. The predicted molar refractivity (Wildman–Crippen MR) is 65.7 cm³/mol. The molecule has 1 heterocycles. The summed E-state index contributed by atoms with van der Waals surface area (Å²) in [7, 11) is 0. The van der Waals surface area contributed by atoms with Crippen molar-refractivity contribution in [2.45, 2.75) is 63.9 Å². The zero-order chi connectivity index (χ0) is 11.9. The Morgan fingerprint density at radius 1 is 1.12 bits per heavy atom. The van der Waals surface area contributed by atoms with Gasteiger partial charge >= 0.3 is 5.97 Å². The van der Waals surface area contributed by atoms with Gasteiger partial charge in [-0.25, -0.2) is 0 Å². The van der Waals surface area contributed by atoms with Gasteiger partial charge in [0.15, 0.2) is 0 Å². The number of hydrogen-bond donors (Lipinski definition) is 0. The van der Waals surface area contributed by atoms with E-state index in [1.54, 1.807) is 0 Å². The molecule has 1 saturated heterocycles. The van der Waals surface area contributed by atoms with E-state index in [9.17, 15) is 4.79 Å². The number of carbonyl (C=O) groups is 1. The predicted octanol–water partition coefficient (Wildman–Crippen LogP) is 3.07. The van der Waals surface area contributed by atoms with Gasteiger partial charge in [-0.15, -0.1) is 0 Å². The van der Waals surface area contributed by atoms with Crippen molar-refractivity contribution in [3.8, 4) is 0 Å². The molecule has 3 heteroatoms. The molecule has 0 radical (unpaired) electrons. The molecule has 1 aliphatic heterocycles. The molecular formula is C14H24O3. The third-order valence-electron chi connectivity index (χ3n) is 3.94. The van der Waals surface area contributed by atoms with Crippen molar-refractivity contribution >= 4 is 5.97 Å². The Morgan fingerprint density at radius 2 is 1.94 bits per heavy atom. The summed E-state index contributed by atoms with van der Waals surface area (Å²) in [6, 6.07) is 0. The molecule has 0 amide bonds. The third-order valence-corrected chi connectivity index (χ3v) is 3.94. The van der Waals surface area contributed by atoms with E-state index >= 15 is 0 Å². The summed E-state index contributed by atoms with van der Waals surface area (Å²) < 4.78 is 10.7. The second-order valence-corrected chi connectivity index (χ2v) is 5.36. The van der Waals surface area contributed by atoms with Gasteiger partial charge in [0.2, 0.25) is 0 Å². The van der Waals surface area contributed by atoms with Crippen molar-refractivity contribution in [1.29, 1.82) is 0 Å². The highest BCUT2D eigenvalue weighted by Gasteiger charge is 2.19. The summed E-state index contributed by atoms with van der Waals surface area (Å²) in [5, 5.41) is 0. The van der Waals surface area contributed by atoms with Gasteiger partial charge in [-0.2, -0.15) is 0 Å². The average Bonchev–Trinajstić information content (AvgIpc) is 2.88. The van der Waals surface area contributed by atoms with Crippen molar-refractivity contribution in [1.82, 2.24) is 0 Å². The maximum absolute atomic E-state index is 11.6. The van der Waals surface area contributed by atoms with Gasteiger partial charge in [0.05, 0.1) is 6.10 Å². The number of hydrogen-bond acceptors (Lipinski definition) is 3. The van der Waals surface area contributed by atoms with Crippen LogP contribution >= 0.6 is 0 Å². The summed E-state index contributed by atoms with van der Waals surface area (Å²) in [5.74, 6) is 0.727. The summed E-state index contributed by atoms with van der Waals surface area (Å²) in [6.45, 7) is 1.29. The minimum absolute atomic E-state index is 0.0360. The van der Waals surface area contributed by atoms with Crippen LogP contribution in [0.5, 0.6) is 0 Å². The Hall–Kier alpha value is -0.570. The van der Waals surface area contributed by atoms with Gasteiger partial charge in [-0.1, -0.05) is 32.1 Å². The van der Waals surface area contributed by atoms with Crippen LogP contribution < -0.4 is 0 Å². The van der Waals surface area contributed by atoms with Crippen LogP contribution in [0.25, 0.3) is 0 Å². The topological polar surface area (TPSA) is 35.5 Å². The number of rotatable bonds is 5. The van der Waals surface area contributed by atoms with Crippen molar-refractivity contribution in [2.75, 3.05) is 13.2 Å². The quantitative estimate of drug-likeness (QED) is 0.693. The highest BCUT2D eigenvalue weighted by molar-refractivity contribution is 5.69. The first-order valence-corrected chi connectivity index (χ1v) is 7.12. The molecule has 98 valence electrons. The van der Waals surface area contributed by atoms with E-state index in [1.165, 1.54) is 32.1 Å². The van der Waals surface area contributed by atoms with E-state index in [-0.39, 0.29) is 12.1 Å². The summed E-state index contributed by atoms with van der Waals surface area (Å²) in [6.07, 6.45) is 10.6. The number of esters is 1. The fraction of sp³-hybridized carbons (Fsp3) is 0.929. The van der Waals surface area contributed by atoms with Crippen LogP contribution in [0.4, 0.5) is 0 Å². The molecule has 0 bridgehead atoms. The Labute approximate surface area is 104 Å². The highest BCUT2D eigenvalue weighted by Crippen LogP contribution is 2.27. The van der Waals surface area contributed by atoms with Crippen LogP contribution in [0, 0.1) is 5.92 Å². The van der Waals surface area contributed by atoms with Crippen LogP contribution in [0.15, 0.2) is 0 Å². The van der Waals surface area contributed by atoms with Crippen LogP contribution in [0.2, 0.25) is 0 Å². The van der Waals surface area contributed by atoms with Gasteiger partial charge < -0.3 is 9.47 Å². The fourth-order valence-electron chi connectivity index (χ4n) is 2.83. The molecule has 0 aromatic heterocycles. The molecule has 2 rings (SSSR count). The molecule has 2 aliphatic rings. The van der Waals surface area contributed by atoms with Crippen LogP contribution in [0.3, 0.4) is 0 Å². The first-order valence-electron chi connectivity index (χ1n) is 7.12. The molecule has 0 spiro atoms.